The molecule has 3 rings (SSSR count). The molecule has 2 saturated heterocycles. The van der Waals surface area contributed by atoms with Gasteiger partial charge in [-0.3, -0.25) is 14.8 Å². The number of aryl methyl sites for hydroxylation is 1. The van der Waals surface area contributed by atoms with E-state index in [4.69, 9.17) is 5.73 Å². The van der Waals surface area contributed by atoms with Crippen LogP contribution in [0, 0.1) is 6.92 Å². The number of H-pyrrole nitrogens is 1. The van der Waals surface area contributed by atoms with Crippen molar-refractivity contribution in [2.45, 2.75) is 44.7 Å². The summed E-state index contributed by atoms with van der Waals surface area (Å²) < 4.78 is 0. The number of hydrogen-bond donors (Lipinski definition) is 3. The maximum atomic E-state index is 12.3. The van der Waals surface area contributed by atoms with Crippen LogP contribution in [-0.4, -0.2) is 46.2 Å². The van der Waals surface area contributed by atoms with Gasteiger partial charge in [-0.05, 0) is 32.7 Å². The number of hydrogen-bond acceptors (Lipinski definition) is 4. The molecule has 1 aromatic heterocycles. The highest BCUT2D eigenvalue weighted by molar-refractivity contribution is 5.99. The van der Waals surface area contributed by atoms with Crippen LogP contribution in [0.1, 0.15) is 41.7 Å². The van der Waals surface area contributed by atoms with Crippen LogP contribution in [0.3, 0.4) is 0 Å². The molecule has 3 heterocycles. The van der Waals surface area contributed by atoms with Crippen molar-refractivity contribution >= 4 is 11.7 Å². The molecule has 1 amide bonds. The molecule has 2 aliphatic heterocycles. The molecule has 0 aromatic carbocycles. The van der Waals surface area contributed by atoms with E-state index in [1.54, 1.807) is 0 Å². The second-order valence-corrected chi connectivity index (χ2v) is 5.58. The van der Waals surface area contributed by atoms with Gasteiger partial charge in [0.25, 0.3) is 5.91 Å². The quantitative estimate of drug-likeness (QED) is 0.731. The predicted octanol–water partition coefficient (Wildman–Crippen LogP) is 0.657. The van der Waals surface area contributed by atoms with Crippen molar-refractivity contribution in [3.63, 3.8) is 0 Å². The molecular weight excluding hydrogens is 242 g/mol. The summed E-state index contributed by atoms with van der Waals surface area (Å²) in [6.07, 6.45) is 4.77. The minimum atomic E-state index is -0.0961. The first-order valence-electron chi connectivity index (χ1n) is 7.02. The van der Waals surface area contributed by atoms with Crippen LogP contribution in [0.25, 0.3) is 0 Å². The Morgan fingerprint density at radius 1 is 1.42 bits per heavy atom. The molecule has 6 heteroatoms. The molecule has 0 saturated carbocycles. The Balaban J connectivity index is 1.70. The van der Waals surface area contributed by atoms with Gasteiger partial charge in [0.1, 0.15) is 5.56 Å². The number of nitrogens with two attached hydrogens (primary N) is 1. The number of aromatic nitrogens is 2. The highest BCUT2D eigenvalue weighted by atomic mass is 16.1. The molecule has 0 spiro atoms. The van der Waals surface area contributed by atoms with Crippen molar-refractivity contribution in [1.82, 2.24) is 20.4 Å². The summed E-state index contributed by atoms with van der Waals surface area (Å²) in [7, 11) is 0. The molecule has 0 radical (unpaired) electrons. The Morgan fingerprint density at radius 2 is 2.26 bits per heavy atom. The van der Waals surface area contributed by atoms with Gasteiger partial charge in [-0.25, -0.2) is 0 Å². The van der Waals surface area contributed by atoms with Gasteiger partial charge in [-0.1, -0.05) is 6.42 Å². The maximum absolute atomic E-state index is 12.3. The molecule has 2 aliphatic rings. The standard InChI is InChI=1S/C13H21N5O/c1-8-11(12(14)17-16-8)13(19)15-9-5-7-18-6-3-2-4-10(9)18/h9-10H,2-7H2,1H3,(H,15,19)(H3,14,16,17). The fraction of sp³-hybridized carbons (Fsp3) is 0.692. The molecule has 1 aromatic rings. The van der Waals surface area contributed by atoms with Gasteiger partial charge >= 0.3 is 0 Å². The fourth-order valence-electron chi connectivity index (χ4n) is 3.39. The number of fused-ring (bicyclic) bond motifs is 1. The van der Waals surface area contributed by atoms with Gasteiger partial charge in [0.2, 0.25) is 0 Å². The molecule has 6 nitrogen and oxygen atoms in total. The summed E-state index contributed by atoms with van der Waals surface area (Å²) in [5, 5.41) is 9.77. The third-order valence-electron chi connectivity index (χ3n) is 4.37. The van der Waals surface area contributed by atoms with E-state index in [0.717, 1.165) is 18.7 Å². The monoisotopic (exact) mass is 263 g/mol. The zero-order chi connectivity index (χ0) is 13.4. The summed E-state index contributed by atoms with van der Waals surface area (Å²) in [6.45, 7) is 4.08. The van der Waals surface area contributed by atoms with E-state index in [9.17, 15) is 4.79 Å². The number of aromatic amines is 1. The lowest BCUT2D eigenvalue weighted by Gasteiger charge is -2.32. The van der Waals surface area contributed by atoms with Crippen LogP contribution in [0.2, 0.25) is 0 Å². The van der Waals surface area contributed by atoms with Crippen molar-refractivity contribution in [3.05, 3.63) is 11.3 Å². The second kappa shape index (κ2) is 4.85. The van der Waals surface area contributed by atoms with E-state index in [0.29, 0.717) is 11.6 Å². The molecule has 2 fully saturated rings. The van der Waals surface area contributed by atoms with Gasteiger partial charge in [0.05, 0.1) is 0 Å². The van der Waals surface area contributed by atoms with Gasteiger partial charge in [0.15, 0.2) is 5.82 Å². The number of nitrogen functional groups attached to an aromatic ring is 1. The van der Waals surface area contributed by atoms with Crippen LogP contribution in [0.5, 0.6) is 0 Å². The normalized spacial score (nSPS) is 27.2. The molecule has 19 heavy (non-hydrogen) atoms. The number of carbonyl (C=O) groups excluding carboxylic acids is 1. The Hall–Kier alpha value is -1.56. The average Bonchev–Trinajstić information content (AvgIpc) is 2.94. The van der Waals surface area contributed by atoms with Gasteiger partial charge in [-0.2, -0.15) is 5.10 Å². The first-order valence-corrected chi connectivity index (χ1v) is 7.02. The summed E-state index contributed by atoms with van der Waals surface area (Å²) in [5.74, 6) is 0.190. The van der Waals surface area contributed by atoms with E-state index in [2.05, 4.69) is 20.4 Å². The Kier molecular flexibility index (Phi) is 3.18. The summed E-state index contributed by atoms with van der Waals surface area (Å²) in [4.78, 5) is 14.8. The maximum Gasteiger partial charge on any atom is 0.257 e. The number of amides is 1. The fourth-order valence-corrected chi connectivity index (χ4v) is 3.39. The minimum Gasteiger partial charge on any atom is -0.382 e. The molecule has 2 unspecified atom stereocenters. The summed E-state index contributed by atoms with van der Waals surface area (Å²) in [6, 6.07) is 0.757. The van der Waals surface area contributed by atoms with Gasteiger partial charge < -0.3 is 11.1 Å². The van der Waals surface area contributed by atoms with Crippen LogP contribution in [0.15, 0.2) is 0 Å². The highest BCUT2D eigenvalue weighted by Gasteiger charge is 2.36. The lowest BCUT2D eigenvalue weighted by Crippen LogP contribution is -2.46. The van der Waals surface area contributed by atoms with Gasteiger partial charge in [0, 0.05) is 24.3 Å². The van der Waals surface area contributed by atoms with Gasteiger partial charge in [-0.15, -0.1) is 0 Å². The first-order chi connectivity index (χ1) is 9.16. The minimum absolute atomic E-state index is 0.0961. The van der Waals surface area contributed by atoms with Crippen molar-refractivity contribution in [1.29, 1.82) is 0 Å². The Bertz CT molecular complexity index is 464. The topological polar surface area (TPSA) is 87.0 Å². The number of nitrogens with one attached hydrogen (secondary N) is 2. The Labute approximate surface area is 112 Å². The number of piperidine rings is 1. The van der Waals surface area contributed by atoms with E-state index in [-0.39, 0.29) is 17.8 Å². The second-order valence-electron chi connectivity index (χ2n) is 5.58. The molecule has 104 valence electrons. The smallest absolute Gasteiger partial charge is 0.257 e. The van der Waals surface area contributed by atoms with Crippen LogP contribution in [-0.2, 0) is 0 Å². The molecule has 2 atom stereocenters. The largest absolute Gasteiger partial charge is 0.382 e. The number of nitrogens with zero attached hydrogens (tertiary/aromatic N) is 2. The SMILES string of the molecule is Cc1[nH]nc(N)c1C(=O)NC1CCN2CCCCC12. The van der Waals surface area contributed by atoms with Crippen molar-refractivity contribution in [2.24, 2.45) is 0 Å². The molecule has 0 aliphatic carbocycles. The van der Waals surface area contributed by atoms with Crippen LogP contribution >= 0.6 is 0 Å². The third-order valence-corrected chi connectivity index (χ3v) is 4.37. The summed E-state index contributed by atoms with van der Waals surface area (Å²) >= 11 is 0. The Morgan fingerprint density at radius 3 is 3.00 bits per heavy atom. The lowest BCUT2D eigenvalue weighted by atomic mass is 9.99. The van der Waals surface area contributed by atoms with E-state index >= 15 is 0 Å². The third kappa shape index (κ3) is 2.20. The zero-order valence-electron chi connectivity index (χ0n) is 11.3. The van der Waals surface area contributed by atoms with Crippen molar-refractivity contribution < 1.29 is 4.79 Å². The average molecular weight is 263 g/mol. The molecule has 0 bridgehead atoms. The first kappa shape index (κ1) is 12.5. The number of carbonyl (C=O) groups is 1. The predicted molar refractivity (Wildman–Crippen MR) is 72.8 cm³/mol. The van der Waals surface area contributed by atoms with Crippen molar-refractivity contribution in [2.75, 3.05) is 18.8 Å². The zero-order valence-corrected chi connectivity index (χ0v) is 11.3. The summed E-state index contributed by atoms with van der Waals surface area (Å²) in [5.41, 5.74) is 6.96. The van der Waals surface area contributed by atoms with Crippen LogP contribution < -0.4 is 11.1 Å². The molecule has 4 N–H and O–H groups in total. The number of anilines is 1. The lowest BCUT2D eigenvalue weighted by molar-refractivity contribution is 0.0915. The highest BCUT2D eigenvalue weighted by Crippen LogP contribution is 2.27. The van der Waals surface area contributed by atoms with E-state index < -0.39 is 0 Å². The molecular formula is C13H21N5O. The number of rotatable bonds is 2. The van der Waals surface area contributed by atoms with E-state index in [1.807, 2.05) is 6.92 Å². The van der Waals surface area contributed by atoms with Crippen LogP contribution in [0.4, 0.5) is 5.82 Å². The van der Waals surface area contributed by atoms with E-state index in [1.165, 1.54) is 25.8 Å². The van der Waals surface area contributed by atoms with Crippen molar-refractivity contribution in [3.8, 4) is 0 Å².